The molecule has 1 aliphatic carbocycles. The number of hydrogen-bond acceptors (Lipinski definition) is 3. The highest BCUT2D eigenvalue weighted by Crippen LogP contribution is 2.42. The van der Waals surface area contributed by atoms with Gasteiger partial charge in [-0.15, -0.1) is 0 Å². The van der Waals surface area contributed by atoms with Crippen molar-refractivity contribution in [2.45, 2.75) is 72.5 Å². The lowest BCUT2D eigenvalue weighted by Crippen LogP contribution is -2.35. The number of aliphatic hydroxyl groups is 1. The molecule has 3 heteroatoms. The van der Waals surface area contributed by atoms with Gasteiger partial charge in [0.05, 0.1) is 12.2 Å². The number of carbonyl (C=O) groups is 1. The molecule has 0 heterocycles. The summed E-state index contributed by atoms with van der Waals surface area (Å²) in [4.78, 5) is 10.9. The Balaban J connectivity index is 2.67. The molecule has 0 aromatic carbocycles. The van der Waals surface area contributed by atoms with E-state index in [0.29, 0.717) is 0 Å². The lowest BCUT2D eigenvalue weighted by molar-refractivity contribution is -0.145. The molecule has 3 nitrogen and oxygen atoms in total. The monoisotopic (exact) mass is 254 g/mol. The first-order valence-corrected chi connectivity index (χ1v) is 6.79. The van der Waals surface area contributed by atoms with Crippen molar-refractivity contribution >= 4 is 5.97 Å². The van der Waals surface area contributed by atoms with Crippen LogP contribution < -0.4 is 0 Å². The van der Waals surface area contributed by atoms with Gasteiger partial charge in [0.1, 0.15) is 0 Å². The SMILES string of the molecule is CC(=O)OC(C)CCC1=C(C)CC[C@H](O)C1(C)C. The fourth-order valence-corrected chi connectivity index (χ4v) is 2.84. The van der Waals surface area contributed by atoms with Crippen LogP contribution in [0.5, 0.6) is 0 Å². The Morgan fingerprint density at radius 3 is 2.72 bits per heavy atom. The Morgan fingerprint density at radius 1 is 1.56 bits per heavy atom. The Morgan fingerprint density at radius 2 is 2.17 bits per heavy atom. The van der Waals surface area contributed by atoms with E-state index in [-0.39, 0.29) is 23.6 Å². The van der Waals surface area contributed by atoms with Gasteiger partial charge in [-0.05, 0) is 39.5 Å². The summed E-state index contributed by atoms with van der Waals surface area (Å²) in [6, 6.07) is 0. The molecule has 0 bridgehead atoms. The third-order valence-electron chi connectivity index (χ3n) is 4.09. The lowest BCUT2D eigenvalue weighted by atomic mass is 9.69. The number of rotatable bonds is 4. The van der Waals surface area contributed by atoms with Crippen molar-refractivity contribution in [3.8, 4) is 0 Å². The Hall–Kier alpha value is -0.830. The van der Waals surface area contributed by atoms with Gasteiger partial charge >= 0.3 is 5.97 Å². The van der Waals surface area contributed by atoms with Gasteiger partial charge in [0.15, 0.2) is 0 Å². The smallest absolute Gasteiger partial charge is 0.302 e. The van der Waals surface area contributed by atoms with Crippen molar-refractivity contribution in [3.63, 3.8) is 0 Å². The van der Waals surface area contributed by atoms with Crippen LogP contribution in [0, 0.1) is 5.41 Å². The minimum atomic E-state index is -0.264. The summed E-state index contributed by atoms with van der Waals surface area (Å²) < 4.78 is 5.15. The van der Waals surface area contributed by atoms with Crippen LogP contribution in [0.4, 0.5) is 0 Å². The Kier molecular flexibility index (Phi) is 4.97. The molecular weight excluding hydrogens is 228 g/mol. The summed E-state index contributed by atoms with van der Waals surface area (Å²) in [6.45, 7) is 9.72. The standard InChI is InChI=1S/C15H26O3/c1-10-6-9-14(17)15(4,5)13(10)8-7-11(2)18-12(3)16/h11,14,17H,6-9H2,1-5H3/t11?,14-/m0/s1. The zero-order valence-corrected chi connectivity index (χ0v) is 12.2. The van der Waals surface area contributed by atoms with E-state index in [1.807, 2.05) is 6.92 Å². The molecule has 0 saturated carbocycles. The third kappa shape index (κ3) is 3.58. The first-order chi connectivity index (χ1) is 8.25. The van der Waals surface area contributed by atoms with Gasteiger partial charge in [-0.2, -0.15) is 0 Å². The van der Waals surface area contributed by atoms with Gasteiger partial charge < -0.3 is 9.84 Å². The van der Waals surface area contributed by atoms with Gasteiger partial charge in [-0.25, -0.2) is 0 Å². The van der Waals surface area contributed by atoms with E-state index in [4.69, 9.17) is 4.74 Å². The molecule has 1 aliphatic rings. The van der Waals surface area contributed by atoms with Crippen molar-refractivity contribution in [1.82, 2.24) is 0 Å². The number of hydrogen-bond donors (Lipinski definition) is 1. The van der Waals surface area contributed by atoms with Crippen molar-refractivity contribution in [2.75, 3.05) is 0 Å². The van der Waals surface area contributed by atoms with E-state index >= 15 is 0 Å². The van der Waals surface area contributed by atoms with Gasteiger partial charge in [0.2, 0.25) is 0 Å². The van der Waals surface area contributed by atoms with Gasteiger partial charge in [0.25, 0.3) is 0 Å². The average Bonchev–Trinajstić information content (AvgIpc) is 2.22. The molecular formula is C15H26O3. The lowest BCUT2D eigenvalue weighted by Gasteiger charge is -2.39. The van der Waals surface area contributed by atoms with Crippen molar-refractivity contribution < 1.29 is 14.6 Å². The van der Waals surface area contributed by atoms with Crippen molar-refractivity contribution in [1.29, 1.82) is 0 Å². The zero-order chi connectivity index (χ0) is 13.9. The molecule has 1 rings (SSSR count). The van der Waals surface area contributed by atoms with Crippen LogP contribution in [0.1, 0.15) is 60.3 Å². The first kappa shape index (κ1) is 15.2. The number of esters is 1. The zero-order valence-electron chi connectivity index (χ0n) is 12.2. The van der Waals surface area contributed by atoms with Crippen LogP contribution in [0.15, 0.2) is 11.1 Å². The molecule has 104 valence electrons. The van der Waals surface area contributed by atoms with Crippen LogP contribution in [0.25, 0.3) is 0 Å². The fraction of sp³-hybridized carbons (Fsp3) is 0.800. The number of allylic oxidation sites excluding steroid dienone is 1. The highest BCUT2D eigenvalue weighted by molar-refractivity contribution is 5.66. The molecule has 0 amide bonds. The number of ether oxygens (including phenoxy) is 1. The van der Waals surface area contributed by atoms with E-state index in [9.17, 15) is 9.90 Å². The molecule has 0 aromatic rings. The van der Waals surface area contributed by atoms with Crippen LogP contribution in [-0.2, 0) is 9.53 Å². The minimum Gasteiger partial charge on any atom is -0.463 e. The molecule has 1 unspecified atom stereocenters. The Bertz CT molecular complexity index is 342. The Labute approximate surface area is 110 Å². The van der Waals surface area contributed by atoms with Crippen LogP contribution in [0.2, 0.25) is 0 Å². The quantitative estimate of drug-likeness (QED) is 0.619. The maximum absolute atomic E-state index is 10.9. The van der Waals surface area contributed by atoms with E-state index in [1.165, 1.54) is 18.1 Å². The molecule has 0 aromatic heterocycles. The maximum atomic E-state index is 10.9. The van der Waals surface area contributed by atoms with Crippen molar-refractivity contribution in [3.05, 3.63) is 11.1 Å². The van der Waals surface area contributed by atoms with E-state index < -0.39 is 0 Å². The summed E-state index contributed by atoms with van der Waals surface area (Å²) in [5.74, 6) is -0.226. The summed E-state index contributed by atoms with van der Waals surface area (Å²) in [5, 5.41) is 10.1. The van der Waals surface area contributed by atoms with Gasteiger partial charge in [-0.1, -0.05) is 25.0 Å². The maximum Gasteiger partial charge on any atom is 0.302 e. The second kappa shape index (κ2) is 5.87. The summed E-state index contributed by atoms with van der Waals surface area (Å²) in [6.07, 6.45) is 3.22. The molecule has 0 spiro atoms. The molecule has 0 saturated heterocycles. The highest BCUT2D eigenvalue weighted by atomic mass is 16.5. The van der Waals surface area contributed by atoms with Gasteiger partial charge in [0, 0.05) is 12.3 Å². The molecule has 0 fully saturated rings. The average molecular weight is 254 g/mol. The van der Waals surface area contributed by atoms with Crippen LogP contribution in [-0.4, -0.2) is 23.3 Å². The normalized spacial score (nSPS) is 24.9. The van der Waals surface area contributed by atoms with E-state index in [1.54, 1.807) is 0 Å². The predicted molar refractivity (Wildman–Crippen MR) is 72.2 cm³/mol. The highest BCUT2D eigenvalue weighted by Gasteiger charge is 2.35. The van der Waals surface area contributed by atoms with Crippen molar-refractivity contribution in [2.24, 2.45) is 5.41 Å². The topological polar surface area (TPSA) is 46.5 Å². The largest absolute Gasteiger partial charge is 0.463 e. The van der Waals surface area contributed by atoms with E-state index in [2.05, 4.69) is 20.8 Å². The third-order valence-corrected chi connectivity index (χ3v) is 4.09. The van der Waals surface area contributed by atoms with Gasteiger partial charge in [-0.3, -0.25) is 4.79 Å². The second-order valence-electron chi connectivity index (χ2n) is 5.99. The van der Waals surface area contributed by atoms with E-state index in [0.717, 1.165) is 25.7 Å². The molecule has 0 aliphatic heterocycles. The summed E-state index contributed by atoms with van der Waals surface area (Å²) >= 11 is 0. The molecule has 18 heavy (non-hydrogen) atoms. The molecule has 2 atom stereocenters. The van der Waals surface area contributed by atoms with Crippen LogP contribution >= 0.6 is 0 Å². The number of aliphatic hydroxyl groups excluding tert-OH is 1. The minimum absolute atomic E-state index is 0.0577. The molecule has 1 N–H and O–H groups in total. The fourth-order valence-electron chi connectivity index (χ4n) is 2.84. The van der Waals surface area contributed by atoms with Crippen LogP contribution in [0.3, 0.4) is 0 Å². The summed E-state index contributed by atoms with van der Waals surface area (Å²) in [7, 11) is 0. The first-order valence-electron chi connectivity index (χ1n) is 6.79. The predicted octanol–water partition coefficient (Wildman–Crippen LogP) is 3.22. The summed E-state index contributed by atoms with van der Waals surface area (Å²) in [5.41, 5.74) is 2.57. The second-order valence-corrected chi connectivity index (χ2v) is 5.99. The number of carbonyl (C=O) groups excluding carboxylic acids is 1. The molecule has 0 radical (unpaired) electrons.